The first-order valence-corrected chi connectivity index (χ1v) is 7.23. The van der Waals surface area contributed by atoms with E-state index in [-0.39, 0.29) is 2.14 Å². The maximum absolute atomic E-state index is 5.41. The molecule has 1 aliphatic rings. The molecule has 12 heavy (non-hydrogen) atoms. The van der Waals surface area contributed by atoms with Crippen LogP contribution in [0.5, 0.6) is 0 Å². The summed E-state index contributed by atoms with van der Waals surface area (Å²) in [5.41, 5.74) is 0. The summed E-state index contributed by atoms with van der Waals surface area (Å²) in [6.45, 7) is 1.76. The number of rotatable bonds is 2. The van der Waals surface area contributed by atoms with Gasteiger partial charge in [0.25, 0.3) is 0 Å². The lowest BCUT2D eigenvalue weighted by molar-refractivity contribution is 0.181. The number of ether oxygens (including phenoxy) is 1. The molecule has 0 aromatic rings. The largest absolute Gasteiger partial charge is 0.381 e. The second-order valence-electron chi connectivity index (χ2n) is 3.03. The van der Waals surface area contributed by atoms with Gasteiger partial charge in [-0.25, -0.2) is 0 Å². The van der Waals surface area contributed by atoms with E-state index in [1.54, 1.807) is 0 Å². The highest BCUT2D eigenvalue weighted by Gasteiger charge is 2.33. The van der Waals surface area contributed by atoms with Crippen molar-refractivity contribution in [1.82, 2.24) is 0 Å². The third-order valence-corrected chi connectivity index (χ3v) is 3.83. The average molecular weight is 430 g/mol. The van der Waals surface area contributed by atoms with E-state index in [4.69, 9.17) is 4.74 Å². The molecule has 0 aliphatic carbocycles. The Morgan fingerprint density at radius 3 is 2.25 bits per heavy atom. The van der Waals surface area contributed by atoms with Crippen molar-refractivity contribution in [3.8, 4) is 0 Å². The summed E-state index contributed by atoms with van der Waals surface area (Å²) in [6, 6.07) is 0. The highest BCUT2D eigenvalue weighted by molar-refractivity contribution is 9.39. The van der Waals surface area contributed by atoms with Crippen LogP contribution in [0, 0.1) is 11.8 Å². The van der Waals surface area contributed by atoms with E-state index in [0.29, 0.717) is 11.8 Å². The van der Waals surface area contributed by atoms with Crippen molar-refractivity contribution in [2.24, 2.45) is 11.8 Å². The molecule has 0 bridgehead atoms. The Bertz CT molecular complexity index is 145. The molecule has 0 saturated carbocycles. The molecule has 1 rings (SSSR count). The van der Waals surface area contributed by atoms with Gasteiger partial charge in [0.15, 0.2) is 0 Å². The van der Waals surface area contributed by atoms with Crippen LogP contribution in [0.4, 0.5) is 0 Å². The van der Waals surface area contributed by atoms with Crippen LogP contribution in [0.15, 0.2) is 0 Å². The monoisotopic (exact) mass is 426 g/mol. The molecule has 0 radical (unpaired) electrons. The molecule has 0 amide bonds. The summed E-state index contributed by atoms with van der Waals surface area (Å²) in [5.74, 6) is 1.28. The summed E-state index contributed by atoms with van der Waals surface area (Å²) < 4.78 is 5.29. The zero-order valence-electron chi connectivity index (χ0n) is 6.40. The van der Waals surface area contributed by atoms with Gasteiger partial charge in [-0.2, -0.15) is 0 Å². The van der Waals surface area contributed by atoms with E-state index < -0.39 is 0 Å². The minimum Gasteiger partial charge on any atom is -0.381 e. The molecule has 0 aromatic carbocycles. The van der Waals surface area contributed by atoms with Gasteiger partial charge in [-0.3, -0.25) is 0 Å². The summed E-state index contributed by atoms with van der Waals surface area (Å²) in [5, 5.41) is 1.03. The maximum atomic E-state index is 5.41. The molecule has 2 atom stereocenters. The first-order chi connectivity index (χ1) is 5.53. The smallest absolute Gasteiger partial charge is 0.135 e. The SMILES string of the molecule is BrC[C@H]1COC[C@H]1CC(Br)(Br)Br. The lowest BCUT2D eigenvalue weighted by Gasteiger charge is -2.20. The minimum atomic E-state index is -0.119. The molecular weight excluding hydrogens is 420 g/mol. The maximum Gasteiger partial charge on any atom is 0.135 e. The Morgan fingerprint density at radius 1 is 1.17 bits per heavy atom. The van der Waals surface area contributed by atoms with E-state index in [1.165, 1.54) is 0 Å². The van der Waals surface area contributed by atoms with Gasteiger partial charge in [0.1, 0.15) is 2.14 Å². The Hall–Kier alpha value is 1.88. The number of hydrogen-bond donors (Lipinski definition) is 0. The van der Waals surface area contributed by atoms with Crippen LogP contribution >= 0.6 is 63.7 Å². The molecule has 0 unspecified atom stereocenters. The highest BCUT2D eigenvalue weighted by Crippen LogP contribution is 2.42. The number of alkyl halides is 4. The lowest BCUT2D eigenvalue weighted by atomic mass is 9.96. The van der Waals surface area contributed by atoms with Crippen LogP contribution in [0.2, 0.25) is 0 Å². The summed E-state index contributed by atoms with van der Waals surface area (Å²) in [6.07, 6.45) is 1.03. The molecule has 72 valence electrons. The van der Waals surface area contributed by atoms with Crippen LogP contribution < -0.4 is 0 Å². The van der Waals surface area contributed by atoms with Crippen LogP contribution in [-0.4, -0.2) is 20.7 Å². The molecule has 1 heterocycles. The minimum absolute atomic E-state index is 0.119. The summed E-state index contributed by atoms with van der Waals surface area (Å²) >= 11 is 14.0. The van der Waals surface area contributed by atoms with Gasteiger partial charge < -0.3 is 4.74 Å². The fraction of sp³-hybridized carbons (Fsp3) is 1.00. The normalized spacial score (nSPS) is 31.0. The van der Waals surface area contributed by atoms with E-state index in [9.17, 15) is 0 Å². The quantitative estimate of drug-likeness (QED) is 0.606. The van der Waals surface area contributed by atoms with Crippen molar-refractivity contribution in [3.05, 3.63) is 0 Å². The predicted molar refractivity (Wildman–Crippen MR) is 65.7 cm³/mol. The van der Waals surface area contributed by atoms with Crippen molar-refractivity contribution < 1.29 is 4.74 Å². The van der Waals surface area contributed by atoms with Gasteiger partial charge in [0.05, 0.1) is 6.61 Å². The number of hydrogen-bond acceptors (Lipinski definition) is 1. The van der Waals surface area contributed by atoms with E-state index in [1.807, 2.05) is 0 Å². The molecule has 0 N–H and O–H groups in total. The van der Waals surface area contributed by atoms with Crippen molar-refractivity contribution in [2.45, 2.75) is 8.56 Å². The van der Waals surface area contributed by atoms with Crippen LogP contribution in [0.1, 0.15) is 6.42 Å². The van der Waals surface area contributed by atoms with Gasteiger partial charge in [0.2, 0.25) is 0 Å². The fourth-order valence-electron chi connectivity index (χ4n) is 1.34. The topological polar surface area (TPSA) is 9.23 Å². The van der Waals surface area contributed by atoms with Gasteiger partial charge in [-0.05, 0) is 18.3 Å². The number of halogens is 4. The Morgan fingerprint density at radius 2 is 1.75 bits per heavy atom. The van der Waals surface area contributed by atoms with E-state index in [0.717, 1.165) is 25.0 Å². The first kappa shape index (κ1) is 12.0. The van der Waals surface area contributed by atoms with Crippen molar-refractivity contribution in [2.75, 3.05) is 18.5 Å². The van der Waals surface area contributed by atoms with Crippen LogP contribution in [0.3, 0.4) is 0 Å². The highest BCUT2D eigenvalue weighted by atomic mass is 80.0. The standard InChI is InChI=1S/C7H10Br4O/c8-2-6-4-12-3-5(6)1-7(9,10)11/h5-6H,1-4H2/t5-,6+/m1/s1. The van der Waals surface area contributed by atoms with Gasteiger partial charge in [0, 0.05) is 11.9 Å². The Balaban J connectivity index is 2.41. The Labute approximate surface area is 107 Å². The zero-order valence-corrected chi connectivity index (χ0v) is 12.7. The third-order valence-electron chi connectivity index (χ3n) is 2.02. The average Bonchev–Trinajstić information content (AvgIpc) is 2.31. The summed E-state index contributed by atoms with van der Waals surface area (Å²) in [7, 11) is 0. The lowest BCUT2D eigenvalue weighted by Crippen LogP contribution is -2.19. The fourth-order valence-corrected chi connectivity index (χ4v) is 3.30. The van der Waals surface area contributed by atoms with Crippen molar-refractivity contribution in [1.29, 1.82) is 0 Å². The molecule has 1 fully saturated rings. The van der Waals surface area contributed by atoms with Crippen LogP contribution in [-0.2, 0) is 4.74 Å². The van der Waals surface area contributed by atoms with E-state index >= 15 is 0 Å². The third kappa shape index (κ3) is 3.95. The van der Waals surface area contributed by atoms with E-state index in [2.05, 4.69) is 63.7 Å². The molecule has 1 aliphatic heterocycles. The molecule has 5 heteroatoms. The second-order valence-corrected chi connectivity index (χ2v) is 10.9. The molecular formula is C7H10Br4O. The van der Waals surface area contributed by atoms with Gasteiger partial charge in [-0.15, -0.1) is 0 Å². The van der Waals surface area contributed by atoms with Gasteiger partial charge in [-0.1, -0.05) is 63.7 Å². The first-order valence-electron chi connectivity index (χ1n) is 3.73. The van der Waals surface area contributed by atoms with Crippen LogP contribution in [0.25, 0.3) is 0 Å². The van der Waals surface area contributed by atoms with Crippen molar-refractivity contribution >= 4 is 63.7 Å². The predicted octanol–water partition coefficient (Wildman–Crippen LogP) is 3.87. The molecule has 0 aromatic heterocycles. The molecule has 1 saturated heterocycles. The van der Waals surface area contributed by atoms with Gasteiger partial charge >= 0.3 is 0 Å². The zero-order chi connectivity index (χ0) is 9.19. The second kappa shape index (κ2) is 5.10. The summed E-state index contributed by atoms with van der Waals surface area (Å²) in [4.78, 5) is 0. The molecule has 0 spiro atoms. The Kier molecular flexibility index (Phi) is 5.08. The molecule has 1 nitrogen and oxygen atoms in total. The van der Waals surface area contributed by atoms with Crippen molar-refractivity contribution in [3.63, 3.8) is 0 Å².